The number of rotatable bonds is 2. The van der Waals surface area contributed by atoms with Gasteiger partial charge in [-0.15, -0.1) is 0 Å². The molecule has 0 heterocycles. The molecule has 75 valence electrons. The Bertz CT molecular complexity index is 139. The summed E-state index contributed by atoms with van der Waals surface area (Å²) < 4.78 is 0. The molecule has 2 rings (SSSR count). The van der Waals surface area contributed by atoms with Gasteiger partial charge in [-0.05, 0) is 30.1 Å². The molecule has 13 heavy (non-hydrogen) atoms. The topological polar surface area (TPSA) is 0 Å². The van der Waals surface area contributed by atoms with Crippen LogP contribution in [0.2, 0.25) is 0 Å². The zero-order chi connectivity index (χ0) is 9.26. The van der Waals surface area contributed by atoms with Gasteiger partial charge in [0.1, 0.15) is 0 Å². The molecule has 0 amide bonds. The lowest BCUT2D eigenvalue weighted by atomic mass is 9.60. The zero-order valence-electron chi connectivity index (χ0n) is 9.18. The molecule has 0 aliphatic heterocycles. The van der Waals surface area contributed by atoms with Crippen LogP contribution in [0.4, 0.5) is 0 Å². The van der Waals surface area contributed by atoms with Gasteiger partial charge in [0.25, 0.3) is 0 Å². The molecule has 2 aliphatic carbocycles. The second kappa shape index (κ2) is 4.02. The van der Waals surface area contributed by atoms with Gasteiger partial charge in [0, 0.05) is 0 Å². The van der Waals surface area contributed by atoms with Crippen LogP contribution in [0.3, 0.4) is 0 Å². The van der Waals surface area contributed by atoms with Crippen molar-refractivity contribution in [3.8, 4) is 0 Å². The fourth-order valence-corrected chi connectivity index (χ4v) is 3.72. The lowest BCUT2D eigenvalue weighted by Crippen LogP contribution is -2.35. The van der Waals surface area contributed by atoms with Crippen LogP contribution in [-0.4, -0.2) is 0 Å². The van der Waals surface area contributed by atoms with Crippen LogP contribution >= 0.6 is 0 Å². The van der Waals surface area contributed by atoms with Crippen molar-refractivity contribution in [1.29, 1.82) is 0 Å². The van der Waals surface area contributed by atoms with Crippen LogP contribution in [0.15, 0.2) is 0 Å². The highest BCUT2D eigenvalue weighted by Crippen LogP contribution is 2.48. The second-order valence-corrected chi connectivity index (χ2v) is 5.11. The van der Waals surface area contributed by atoms with E-state index in [-0.39, 0.29) is 0 Å². The van der Waals surface area contributed by atoms with Gasteiger partial charge in [-0.3, -0.25) is 0 Å². The molecule has 0 saturated heterocycles. The fraction of sp³-hybridized carbons (Fsp3) is 0.923. The van der Waals surface area contributed by atoms with Gasteiger partial charge in [0.05, 0.1) is 0 Å². The van der Waals surface area contributed by atoms with Gasteiger partial charge in [0.15, 0.2) is 0 Å². The first-order valence-electron chi connectivity index (χ1n) is 6.15. The maximum Gasteiger partial charge on any atom is -0.0238 e. The third kappa shape index (κ3) is 1.78. The van der Waals surface area contributed by atoms with Gasteiger partial charge < -0.3 is 0 Å². The lowest BCUT2D eigenvalue weighted by molar-refractivity contribution is 0.101. The smallest absolute Gasteiger partial charge is 0.0238 e. The molecule has 1 radical (unpaired) electrons. The summed E-state index contributed by atoms with van der Waals surface area (Å²) in [6.45, 7) is 4.74. The Labute approximate surface area is 83.1 Å². The summed E-state index contributed by atoms with van der Waals surface area (Å²) in [4.78, 5) is 0. The summed E-state index contributed by atoms with van der Waals surface area (Å²) in [6.07, 6.45) is 10.5. The summed E-state index contributed by atoms with van der Waals surface area (Å²) in [7, 11) is 0. The van der Waals surface area contributed by atoms with Crippen LogP contribution in [0, 0.1) is 23.7 Å². The van der Waals surface area contributed by atoms with E-state index in [1.807, 2.05) is 0 Å². The largest absolute Gasteiger partial charge is 0.0648 e. The van der Waals surface area contributed by atoms with Gasteiger partial charge in [-0.1, -0.05) is 52.4 Å². The lowest BCUT2D eigenvalue weighted by Gasteiger charge is -2.45. The van der Waals surface area contributed by atoms with E-state index in [1.54, 1.807) is 5.92 Å². The molecule has 0 atom stereocenters. The molecule has 2 saturated carbocycles. The summed E-state index contributed by atoms with van der Waals surface area (Å²) in [5.74, 6) is 4.97. The Hall–Kier alpha value is 0. The van der Waals surface area contributed by atoms with Crippen LogP contribution in [0.1, 0.15) is 58.8 Å². The minimum Gasteiger partial charge on any atom is -0.0648 e. The number of hydrogen-bond acceptors (Lipinski definition) is 0. The first kappa shape index (κ1) is 9.55. The van der Waals surface area contributed by atoms with E-state index >= 15 is 0 Å². The monoisotopic (exact) mass is 179 g/mol. The molecule has 0 spiro atoms. The maximum atomic E-state index is 2.40. The van der Waals surface area contributed by atoms with Gasteiger partial charge >= 0.3 is 0 Å². The summed E-state index contributed by atoms with van der Waals surface area (Å²) >= 11 is 0. The van der Waals surface area contributed by atoms with E-state index in [4.69, 9.17) is 0 Å². The third-order valence-electron chi connectivity index (χ3n) is 4.44. The fourth-order valence-electron chi connectivity index (χ4n) is 3.72. The van der Waals surface area contributed by atoms with Crippen LogP contribution in [-0.2, 0) is 0 Å². The van der Waals surface area contributed by atoms with E-state index in [9.17, 15) is 0 Å². The van der Waals surface area contributed by atoms with E-state index < -0.39 is 0 Å². The Kier molecular flexibility index (Phi) is 2.96. The molecule has 0 aromatic heterocycles. The highest BCUT2D eigenvalue weighted by Gasteiger charge is 2.38. The van der Waals surface area contributed by atoms with E-state index in [2.05, 4.69) is 13.8 Å². The molecule has 0 unspecified atom stereocenters. The summed E-state index contributed by atoms with van der Waals surface area (Å²) in [6, 6.07) is 0. The highest BCUT2D eigenvalue weighted by molar-refractivity contribution is 5.01. The van der Waals surface area contributed by atoms with Gasteiger partial charge in [-0.25, -0.2) is 0 Å². The van der Waals surface area contributed by atoms with Crippen molar-refractivity contribution < 1.29 is 0 Å². The molecule has 0 N–H and O–H groups in total. The molecule has 0 nitrogen and oxygen atoms in total. The molecule has 0 heteroatoms. The molecule has 2 aliphatic rings. The van der Waals surface area contributed by atoms with Crippen molar-refractivity contribution >= 4 is 0 Å². The van der Waals surface area contributed by atoms with E-state index in [0.717, 1.165) is 17.8 Å². The predicted molar refractivity (Wildman–Crippen MR) is 57.4 cm³/mol. The SMILES string of the molecule is CC[C](C)C1C2CCCC1CCC2. The minimum atomic E-state index is 1.02. The Morgan fingerprint density at radius 1 is 1.00 bits per heavy atom. The quantitative estimate of drug-likeness (QED) is 0.595. The van der Waals surface area contributed by atoms with Crippen molar-refractivity contribution in [2.75, 3.05) is 0 Å². The second-order valence-electron chi connectivity index (χ2n) is 5.11. The van der Waals surface area contributed by atoms with E-state index in [1.165, 1.54) is 44.9 Å². The third-order valence-corrected chi connectivity index (χ3v) is 4.44. The molecule has 2 fully saturated rings. The maximum absolute atomic E-state index is 2.40. The average molecular weight is 179 g/mol. The summed E-state index contributed by atoms with van der Waals surface area (Å²) in [5.41, 5.74) is 0. The molecular formula is C13H23. The Morgan fingerprint density at radius 3 is 1.85 bits per heavy atom. The molecular weight excluding hydrogens is 156 g/mol. The normalized spacial score (nSPS) is 39.5. The average Bonchev–Trinajstić information content (AvgIpc) is 2.15. The van der Waals surface area contributed by atoms with Crippen molar-refractivity contribution in [1.82, 2.24) is 0 Å². The standard InChI is InChI=1S/C13H23/c1-3-10(2)13-11-6-4-7-12(13)9-5-8-11/h11-13H,3-9H2,1-2H3. The zero-order valence-corrected chi connectivity index (χ0v) is 9.18. The predicted octanol–water partition coefficient (Wildman–Crippen LogP) is 4.21. The van der Waals surface area contributed by atoms with Crippen molar-refractivity contribution in [3.63, 3.8) is 0 Å². The van der Waals surface area contributed by atoms with E-state index in [0.29, 0.717) is 0 Å². The molecule has 0 aromatic rings. The minimum absolute atomic E-state index is 1.02. The first-order chi connectivity index (χ1) is 6.33. The molecule has 0 aromatic carbocycles. The first-order valence-corrected chi connectivity index (χ1v) is 6.15. The van der Waals surface area contributed by atoms with Crippen LogP contribution < -0.4 is 0 Å². The van der Waals surface area contributed by atoms with Crippen LogP contribution in [0.5, 0.6) is 0 Å². The van der Waals surface area contributed by atoms with Crippen molar-refractivity contribution in [2.24, 2.45) is 17.8 Å². The Morgan fingerprint density at radius 2 is 1.46 bits per heavy atom. The van der Waals surface area contributed by atoms with Gasteiger partial charge in [0.2, 0.25) is 0 Å². The van der Waals surface area contributed by atoms with Gasteiger partial charge in [-0.2, -0.15) is 0 Å². The number of fused-ring (bicyclic) bond motifs is 2. The van der Waals surface area contributed by atoms with Crippen molar-refractivity contribution in [2.45, 2.75) is 58.8 Å². The molecule has 2 bridgehead atoms. The number of hydrogen-bond donors (Lipinski definition) is 0. The highest BCUT2D eigenvalue weighted by atomic mass is 14.4. The van der Waals surface area contributed by atoms with Crippen LogP contribution in [0.25, 0.3) is 0 Å². The Balaban J connectivity index is 2.06. The summed E-state index contributed by atoms with van der Waals surface area (Å²) in [5, 5.41) is 0. The van der Waals surface area contributed by atoms with Crippen molar-refractivity contribution in [3.05, 3.63) is 5.92 Å².